The highest BCUT2D eigenvalue weighted by molar-refractivity contribution is 5.70. The first-order valence-electron chi connectivity index (χ1n) is 6.32. The first kappa shape index (κ1) is 16.2. The SMILES string of the molecule is CC(=O)Oc1cccc(N2CC[N+](C)(C)CC2)c1.[I-]. The van der Waals surface area contributed by atoms with Crippen LogP contribution in [0.1, 0.15) is 6.92 Å². The molecular formula is C14H21IN2O2. The number of anilines is 1. The molecule has 1 saturated heterocycles. The molecule has 0 aromatic heterocycles. The number of nitrogens with zero attached hydrogens (tertiary/aromatic N) is 2. The lowest BCUT2D eigenvalue weighted by atomic mass is 10.2. The predicted octanol–water partition coefficient (Wildman–Crippen LogP) is -1.49. The van der Waals surface area contributed by atoms with Crippen LogP contribution in [-0.4, -0.2) is 50.7 Å². The number of carbonyl (C=O) groups is 1. The van der Waals surface area contributed by atoms with Gasteiger partial charge in [-0.1, -0.05) is 6.07 Å². The molecular weight excluding hydrogens is 355 g/mol. The maximum atomic E-state index is 10.9. The van der Waals surface area contributed by atoms with Gasteiger partial charge in [0.05, 0.1) is 40.3 Å². The van der Waals surface area contributed by atoms with Crippen LogP contribution < -0.4 is 33.6 Å². The lowest BCUT2D eigenvalue weighted by molar-refractivity contribution is -0.890. The summed E-state index contributed by atoms with van der Waals surface area (Å²) in [6.45, 7) is 5.77. The molecule has 1 aliphatic rings. The van der Waals surface area contributed by atoms with Crippen molar-refractivity contribution in [3.05, 3.63) is 24.3 Å². The van der Waals surface area contributed by atoms with Gasteiger partial charge in [0.25, 0.3) is 0 Å². The number of quaternary nitrogens is 1. The molecule has 0 N–H and O–H groups in total. The average molecular weight is 376 g/mol. The first-order valence-corrected chi connectivity index (χ1v) is 6.32. The zero-order chi connectivity index (χ0) is 13.2. The second-order valence-electron chi connectivity index (χ2n) is 5.46. The fourth-order valence-electron chi connectivity index (χ4n) is 2.17. The molecule has 2 rings (SSSR count). The van der Waals surface area contributed by atoms with Crippen LogP contribution in [0.15, 0.2) is 24.3 Å². The minimum Gasteiger partial charge on any atom is -1.00 e. The molecule has 0 unspecified atom stereocenters. The van der Waals surface area contributed by atoms with Gasteiger partial charge in [0, 0.05) is 18.7 Å². The third-order valence-electron chi connectivity index (χ3n) is 3.39. The summed E-state index contributed by atoms with van der Waals surface area (Å²) in [4.78, 5) is 13.3. The van der Waals surface area contributed by atoms with Crippen molar-refractivity contribution in [3.8, 4) is 5.75 Å². The van der Waals surface area contributed by atoms with Crippen molar-refractivity contribution in [1.29, 1.82) is 0 Å². The van der Waals surface area contributed by atoms with Crippen LogP contribution in [0.5, 0.6) is 5.75 Å². The molecule has 0 amide bonds. The summed E-state index contributed by atoms with van der Waals surface area (Å²) in [6.07, 6.45) is 0. The molecule has 1 aliphatic heterocycles. The molecule has 106 valence electrons. The largest absolute Gasteiger partial charge is 1.00 e. The van der Waals surface area contributed by atoms with E-state index in [2.05, 4.69) is 25.1 Å². The van der Waals surface area contributed by atoms with E-state index in [0.29, 0.717) is 5.75 Å². The number of rotatable bonds is 2. The summed E-state index contributed by atoms with van der Waals surface area (Å²) >= 11 is 0. The fraction of sp³-hybridized carbons (Fsp3) is 0.500. The average Bonchev–Trinajstić information content (AvgIpc) is 2.28. The van der Waals surface area contributed by atoms with Gasteiger partial charge in [-0.25, -0.2) is 0 Å². The van der Waals surface area contributed by atoms with Gasteiger partial charge in [-0.15, -0.1) is 0 Å². The Morgan fingerprint density at radius 2 is 1.89 bits per heavy atom. The maximum Gasteiger partial charge on any atom is 0.308 e. The summed E-state index contributed by atoms with van der Waals surface area (Å²) in [5.74, 6) is 0.350. The number of piperazine rings is 1. The number of halogens is 1. The molecule has 1 heterocycles. The van der Waals surface area contributed by atoms with Gasteiger partial charge in [0.2, 0.25) is 0 Å². The zero-order valence-electron chi connectivity index (χ0n) is 11.7. The van der Waals surface area contributed by atoms with E-state index in [1.807, 2.05) is 18.2 Å². The van der Waals surface area contributed by atoms with Gasteiger partial charge in [-0.05, 0) is 12.1 Å². The van der Waals surface area contributed by atoms with Crippen LogP contribution in [-0.2, 0) is 4.79 Å². The van der Waals surface area contributed by atoms with Crippen molar-refractivity contribution in [2.45, 2.75) is 6.92 Å². The number of ether oxygens (including phenoxy) is 1. The highest BCUT2D eigenvalue weighted by Crippen LogP contribution is 2.23. The van der Waals surface area contributed by atoms with Gasteiger partial charge >= 0.3 is 5.97 Å². The lowest BCUT2D eigenvalue weighted by Gasteiger charge is -2.40. The topological polar surface area (TPSA) is 29.5 Å². The molecule has 1 aromatic rings. The molecule has 0 bridgehead atoms. The molecule has 0 saturated carbocycles. The third-order valence-corrected chi connectivity index (χ3v) is 3.39. The van der Waals surface area contributed by atoms with E-state index in [1.54, 1.807) is 0 Å². The third kappa shape index (κ3) is 4.65. The van der Waals surface area contributed by atoms with Crippen molar-refractivity contribution in [1.82, 2.24) is 0 Å². The first-order chi connectivity index (χ1) is 8.46. The summed E-state index contributed by atoms with van der Waals surface area (Å²) in [7, 11) is 4.51. The summed E-state index contributed by atoms with van der Waals surface area (Å²) in [6, 6.07) is 7.75. The Balaban J connectivity index is 0.00000180. The smallest absolute Gasteiger partial charge is 0.308 e. The zero-order valence-corrected chi connectivity index (χ0v) is 13.9. The quantitative estimate of drug-likeness (QED) is 0.273. The second kappa shape index (κ2) is 6.56. The van der Waals surface area contributed by atoms with Crippen molar-refractivity contribution in [2.75, 3.05) is 45.2 Å². The van der Waals surface area contributed by atoms with Crippen molar-refractivity contribution < 1.29 is 38.0 Å². The summed E-state index contributed by atoms with van der Waals surface area (Å²) in [5, 5.41) is 0. The van der Waals surface area contributed by atoms with E-state index in [-0.39, 0.29) is 29.9 Å². The Morgan fingerprint density at radius 3 is 2.47 bits per heavy atom. The Labute approximate surface area is 131 Å². The predicted molar refractivity (Wildman–Crippen MR) is 71.8 cm³/mol. The monoisotopic (exact) mass is 376 g/mol. The standard InChI is InChI=1S/C14H21N2O2.HI/c1-12(17)18-14-6-4-5-13(11-14)15-7-9-16(2,3)10-8-15;/h4-6,11H,7-10H2,1-3H3;1H/q+1;/p-1. The summed E-state index contributed by atoms with van der Waals surface area (Å²) in [5.41, 5.74) is 1.13. The van der Waals surface area contributed by atoms with Gasteiger partial charge in [0.15, 0.2) is 0 Å². The molecule has 1 aromatic carbocycles. The molecule has 0 radical (unpaired) electrons. The normalized spacial score (nSPS) is 17.5. The van der Waals surface area contributed by atoms with Crippen LogP contribution in [0.4, 0.5) is 5.69 Å². The van der Waals surface area contributed by atoms with Crippen LogP contribution in [0, 0.1) is 0 Å². The van der Waals surface area contributed by atoms with E-state index in [4.69, 9.17) is 4.74 Å². The molecule has 19 heavy (non-hydrogen) atoms. The van der Waals surface area contributed by atoms with Crippen molar-refractivity contribution in [2.24, 2.45) is 0 Å². The van der Waals surface area contributed by atoms with Crippen LogP contribution in [0.25, 0.3) is 0 Å². The van der Waals surface area contributed by atoms with Crippen LogP contribution >= 0.6 is 0 Å². The Kier molecular flexibility index (Phi) is 5.61. The fourth-order valence-corrected chi connectivity index (χ4v) is 2.17. The van der Waals surface area contributed by atoms with E-state index < -0.39 is 0 Å². The second-order valence-corrected chi connectivity index (χ2v) is 5.46. The van der Waals surface area contributed by atoms with Gasteiger partial charge < -0.3 is 38.1 Å². The maximum absolute atomic E-state index is 10.9. The molecule has 0 spiro atoms. The molecule has 0 atom stereocenters. The van der Waals surface area contributed by atoms with E-state index in [1.165, 1.54) is 6.92 Å². The summed E-state index contributed by atoms with van der Waals surface area (Å²) < 4.78 is 6.19. The van der Waals surface area contributed by atoms with E-state index in [9.17, 15) is 4.79 Å². The van der Waals surface area contributed by atoms with Crippen LogP contribution in [0.2, 0.25) is 0 Å². The Morgan fingerprint density at radius 1 is 1.26 bits per heavy atom. The highest BCUT2D eigenvalue weighted by Gasteiger charge is 2.24. The van der Waals surface area contributed by atoms with Crippen molar-refractivity contribution >= 4 is 11.7 Å². The molecule has 5 heteroatoms. The number of esters is 1. The van der Waals surface area contributed by atoms with Gasteiger partial charge in [-0.2, -0.15) is 0 Å². The van der Waals surface area contributed by atoms with E-state index >= 15 is 0 Å². The minimum atomic E-state index is -0.274. The minimum absolute atomic E-state index is 0. The number of benzene rings is 1. The van der Waals surface area contributed by atoms with Gasteiger partial charge in [0.1, 0.15) is 5.75 Å². The van der Waals surface area contributed by atoms with Crippen molar-refractivity contribution in [3.63, 3.8) is 0 Å². The Hall–Kier alpha value is -0.820. The lowest BCUT2D eigenvalue weighted by Crippen LogP contribution is -3.00. The number of carbonyl (C=O) groups excluding carboxylic acids is 1. The number of hydrogen-bond acceptors (Lipinski definition) is 3. The van der Waals surface area contributed by atoms with E-state index in [0.717, 1.165) is 36.3 Å². The molecule has 1 fully saturated rings. The number of likely N-dealkylation sites (N-methyl/N-ethyl adjacent to an activating group) is 1. The van der Waals surface area contributed by atoms with Gasteiger partial charge in [-0.3, -0.25) is 4.79 Å². The Bertz CT molecular complexity index is 439. The highest BCUT2D eigenvalue weighted by atomic mass is 127. The van der Waals surface area contributed by atoms with Crippen LogP contribution in [0.3, 0.4) is 0 Å². The number of hydrogen-bond donors (Lipinski definition) is 0. The molecule has 4 nitrogen and oxygen atoms in total. The molecule has 0 aliphatic carbocycles.